The topological polar surface area (TPSA) is 108 Å². The minimum atomic E-state index is -0.483. The summed E-state index contributed by atoms with van der Waals surface area (Å²) in [7, 11) is 0. The molecule has 3 aromatic rings. The molecule has 1 aliphatic heterocycles. The van der Waals surface area contributed by atoms with Crippen molar-refractivity contribution in [1.82, 2.24) is 15.1 Å². The van der Waals surface area contributed by atoms with E-state index >= 15 is 0 Å². The minimum absolute atomic E-state index is 0.255. The van der Waals surface area contributed by atoms with E-state index in [1.54, 1.807) is 29.2 Å². The first-order chi connectivity index (χ1) is 16.3. The van der Waals surface area contributed by atoms with Gasteiger partial charge < -0.3 is 24.3 Å². The summed E-state index contributed by atoms with van der Waals surface area (Å²) in [4.78, 5) is 16.3. The molecule has 0 spiro atoms. The zero-order valence-electron chi connectivity index (χ0n) is 19.6. The number of aromatic nitrogens is 2. The second-order valence-electron chi connectivity index (χ2n) is 9.04. The van der Waals surface area contributed by atoms with E-state index in [4.69, 9.17) is 14.4 Å². The highest BCUT2D eigenvalue weighted by Gasteiger charge is 2.25. The average molecular weight is 461 g/mol. The molecule has 34 heavy (non-hydrogen) atoms. The van der Waals surface area contributed by atoms with E-state index in [1.165, 1.54) is 0 Å². The first-order valence-electron chi connectivity index (χ1n) is 11.2. The SMILES string of the molecule is CC(C)(C)OC(=O)N1CCN(c2ccc(NCc3nnc(-c4ccc(C#N)cc4)o3)cc2)CC1. The van der Waals surface area contributed by atoms with Crippen LogP contribution in [0.2, 0.25) is 0 Å². The van der Waals surface area contributed by atoms with E-state index in [0.29, 0.717) is 37.0 Å². The molecule has 0 unspecified atom stereocenters. The molecule has 1 aromatic heterocycles. The number of amides is 1. The van der Waals surface area contributed by atoms with Gasteiger partial charge in [-0.3, -0.25) is 0 Å². The fourth-order valence-corrected chi connectivity index (χ4v) is 3.57. The van der Waals surface area contributed by atoms with Gasteiger partial charge in [0.15, 0.2) is 0 Å². The third kappa shape index (κ3) is 5.84. The number of benzene rings is 2. The van der Waals surface area contributed by atoms with Crippen molar-refractivity contribution in [1.29, 1.82) is 5.26 Å². The molecule has 9 nitrogen and oxygen atoms in total. The van der Waals surface area contributed by atoms with Crippen LogP contribution in [-0.2, 0) is 11.3 Å². The Morgan fingerprint density at radius 3 is 2.35 bits per heavy atom. The molecule has 1 N–H and O–H groups in total. The van der Waals surface area contributed by atoms with Crippen molar-refractivity contribution >= 4 is 17.5 Å². The molecule has 2 aromatic carbocycles. The monoisotopic (exact) mass is 460 g/mol. The third-order valence-electron chi connectivity index (χ3n) is 5.34. The number of carbonyl (C=O) groups excluding carboxylic acids is 1. The van der Waals surface area contributed by atoms with Crippen molar-refractivity contribution < 1.29 is 13.9 Å². The first kappa shape index (κ1) is 23.1. The maximum absolute atomic E-state index is 12.2. The molecule has 4 rings (SSSR count). The maximum atomic E-state index is 12.2. The Morgan fingerprint density at radius 1 is 1.06 bits per heavy atom. The summed E-state index contributed by atoms with van der Waals surface area (Å²) in [5, 5.41) is 20.4. The quantitative estimate of drug-likeness (QED) is 0.601. The van der Waals surface area contributed by atoms with E-state index in [-0.39, 0.29) is 6.09 Å². The highest BCUT2D eigenvalue weighted by atomic mass is 16.6. The van der Waals surface area contributed by atoms with Gasteiger partial charge in [-0.1, -0.05) is 0 Å². The molecule has 9 heteroatoms. The number of hydrogen-bond acceptors (Lipinski definition) is 8. The van der Waals surface area contributed by atoms with Crippen LogP contribution in [0.15, 0.2) is 52.9 Å². The summed E-state index contributed by atoms with van der Waals surface area (Å²) in [6.45, 7) is 8.81. The first-order valence-corrected chi connectivity index (χ1v) is 11.2. The highest BCUT2D eigenvalue weighted by molar-refractivity contribution is 5.68. The molecular weight excluding hydrogens is 432 g/mol. The smallest absolute Gasteiger partial charge is 0.410 e. The van der Waals surface area contributed by atoms with Gasteiger partial charge in [-0.05, 0) is 69.3 Å². The number of piperazine rings is 1. The van der Waals surface area contributed by atoms with E-state index in [0.717, 1.165) is 30.0 Å². The van der Waals surface area contributed by atoms with Crippen molar-refractivity contribution in [3.8, 4) is 17.5 Å². The van der Waals surface area contributed by atoms with Gasteiger partial charge in [0.05, 0.1) is 18.2 Å². The number of nitrogens with one attached hydrogen (secondary N) is 1. The van der Waals surface area contributed by atoms with Gasteiger partial charge in [0.2, 0.25) is 11.8 Å². The van der Waals surface area contributed by atoms with Crippen molar-refractivity contribution in [3.05, 3.63) is 60.0 Å². The van der Waals surface area contributed by atoms with E-state index < -0.39 is 5.60 Å². The predicted octanol–water partition coefficient (Wildman–Crippen LogP) is 4.28. The second kappa shape index (κ2) is 9.83. The Morgan fingerprint density at radius 2 is 1.74 bits per heavy atom. The number of nitriles is 1. The number of ether oxygens (including phenoxy) is 1. The van der Waals surface area contributed by atoms with Crippen LogP contribution in [0.3, 0.4) is 0 Å². The van der Waals surface area contributed by atoms with Gasteiger partial charge in [0.1, 0.15) is 5.60 Å². The largest absolute Gasteiger partial charge is 0.444 e. The lowest BCUT2D eigenvalue weighted by Crippen LogP contribution is -2.50. The van der Waals surface area contributed by atoms with Crippen LogP contribution < -0.4 is 10.2 Å². The number of hydrogen-bond donors (Lipinski definition) is 1. The Hall–Kier alpha value is -4.06. The molecule has 2 heterocycles. The minimum Gasteiger partial charge on any atom is -0.444 e. The van der Waals surface area contributed by atoms with Gasteiger partial charge in [-0.15, -0.1) is 10.2 Å². The van der Waals surface area contributed by atoms with Gasteiger partial charge in [-0.25, -0.2) is 4.79 Å². The van der Waals surface area contributed by atoms with Crippen LogP contribution in [0.4, 0.5) is 16.2 Å². The fraction of sp³-hybridized carbons (Fsp3) is 0.360. The highest BCUT2D eigenvalue weighted by Crippen LogP contribution is 2.22. The Bertz CT molecular complexity index is 1150. The molecule has 176 valence electrons. The Balaban J connectivity index is 1.27. The summed E-state index contributed by atoms with van der Waals surface area (Å²) in [6.07, 6.45) is -0.255. The van der Waals surface area contributed by atoms with Crippen molar-refractivity contribution in [2.75, 3.05) is 36.4 Å². The molecule has 1 saturated heterocycles. The van der Waals surface area contributed by atoms with Crippen molar-refractivity contribution in [3.63, 3.8) is 0 Å². The zero-order valence-corrected chi connectivity index (χ0v) is 19.6. The van der Waals surface area contributed by atoms with Crippen LogP contribution in [0, 0.1) is 11.3 Å². The molecule has 1 fully saturated rings. The van der Waals surface area contributed by atoms with Crippen LogP contribution in [0.25, 0.3) is 11.5 Å². The molecule has 0 atom stereocenters. The molecule has 0 aliphatic carbocycles. The molecule has 1 aliphatic rings. The standard InChI is InChI=1S/C25H28N6O3/c1-25(2,3)34-24(32)31-14-12-30(13-15-31)21-10-8-20(9-11-21)27-17-22-28-29-23(33-22)19-6-4-18(16-26)5-7-19/h4-11,27H,12-15,17H2,1-3H3. The number of nitrogens with zero attached hydrogens (tertiary/aromatic N) is 5. The molecule has 0 bridgehead atoms. The molecule has 0 radical (unpaired) electrons. The number of carbonyl (C=O) groups is 1. The van der Waals surface area contributed by atoms with Crippen LogP contribution >= 0.6 is 0 Å². The lowest BCUT2D eigenvalue weighted by atomic mass is 10.1. The van der Waals surface area contributed by atoms with E-state index in [1.807, 2.05) is 32.9 Å². The van der Waals surface area contributed by atoms with Crippen molar-refractivity contribution in [2.24, 2.45) is 0 Å². The van der Waals surface area contributed by atoms with Gasteiger partial charge in [-0.2, -0.15) is 5.26 Å². The summed E-state index contributed by atoms with van der Waals surface area (Å²) in [5.74, 6) is 0.892. The van der Waals surface area contributed by atoms with Gasteiger partial charge >= 0.3 is 6.09 Å². The van der Waals surface area contributed by atoms with Crippen LogP contribution in [-0.4, -0.2) is 53.0 Å². The lowest BCUT2D eigenvalue weighted by molar-refractivity contribution is 0.0240. The summed E-state index contributed by atoms with van der Waals surface area (Å²) in [6, 6.07) is 17.2. The zero-order chi connectivity index (χ0) is 24.1. The molecule has 1 amide bonds. The number of anilines is 2. The van der Waals surface area contributed by atoms with E-state index in [9.17, 15) is 4.79 Å². The van der Waals surface area contributed by atoms with Crippen LogP contribution in [0.1, 0.15) is 32.2 Å². The Labute approximate surface area is 198 Å². The normalized spacial score (nSPS) is 13.9. The maximum Gasteiger partial charge on any atom is 0.410 e. The lowest BCUT2D eigenvalue weighted by Gasteiger charge is -2.36. The van der Waals surface area contributed by atoms with Gasteiger partial charge in [0, 0.05) is 43.1 Å². The Kier molecular flexibility index (Phi) is 6.68. The van der Waals surface area contributed by atoms with Gasteiger partial charge in [0.25, 0.3) is 0 Å². The van der Waals surface area contributed by atoms with Crippen molar-refractivity contribution in [2.45, 2.75) is 32.9 Å². The summed E-state index contributed by atoms with van der Waals surface area (Å²) < 4.78 is 11.2. The fourth-order valence-electron chi connectivity index (χ4n) is 3.57. The average Bonchev–Trinajstić information content (AvgIpc) is 3.31. The van der Waals surface area contributed by atoms with Crippen LogP contribution in [0.5, 0.6) is 0 Å². The number of rotatable bonds is 5. The molecular formula is C25H28N6O3. The summed E-state index contributed by atoms with van der Waals surface area (Å²) in [5.41, 5.74) is 2.92. The molecule has 0 saturated carbocycles. The third-order valence-corrected chi connectivity index (χ3v) is 5.34. The van der Waals surface area contributed by atoms with E-state index in [2.05, 4.69) is 38.6 Å². The second-order valence-corrected chi connectivity index (χ2v) is 9.04. The predicted molar refractivity (Wildman–Crippen MR) is 128 cm³/mol. The summed E-state index contributed by atoms with van der Waals surface area (Å²) >= 11 is 0.